The van der Waals surface area contributed by atoms with Crippen LogP contribution < -0.4 is 19.7 Å². The van der Waals surface area contributed by atoms with Crippen molar-refractivity contribution in [3.63, 3.8) is 0 Å². The molecule has 0 saturated carbocycles. The van der Waals surface area contributed by atoms with Gasteiger partial charge in [0.2, 0.25) is 0 Å². The number of methoxy groups -OCH3 is 1. The van der Waals surface area contributed by atoms with Gasteiger partial charge in [-0.2, -0.15) is 0 Å². The van der Waals surface area contributed by atoms with Crippen LogP contribution in [0.15, 0.2) is 48.5 Å². The van der Waals surface area contributed by atoms with Crippen LogP contribution in [0, 0.1) is 0 Å². The third-order valence-corrected chi connectivity index (χ3v) is 4.92. The van der Waals surface area contributed by atoms with Gasteiger partial charge in [0.15, 0.2) is 0 Å². The third kappa shape index (κ3) is 5.79. The molecule has 6 nitrogen and oxygen atoms in total. The van der Waals surface area contributed by atoms with E-state index in [-0.39, 0.29) is 18.2 Å². The molecule has 2 aromatic rings. The van der Waals surface area contributed by atoms with Crippen molar-refractivity contribution in [1.29, 1.82) is 0 Å². The van der Waals surface area contributed by atoms with Crippen LogP contribution in [0.3, 0.4) is 0 Å². The quantitative estimate of drug-likeness (QED) is 0.741. The average molecular weight is 399 g/mol. The molecule has 1 fully saturated rings. The second kappa shape index (κ2) is 9.54. The summed E-state index contributed by atoms with van der Waals surface area (Å²) < 4.78 is 16.5. The average Bonchev–Trinajstić information content (AvgIpc) is 3.17. The lowest BCUT2D eigenvalue weighted by Crippen LogP contribution is -2.26. The van der Waals surface area contributed by atoms with Crippen molar-refractivity contribution in [3.05, 3.63) is 54.1 Å². The molecule has 1 aliphatic rings. The van der Waals surface area contributed by atoms with Crippen molar-refractivity contribution in [2.45, 2.75) is 45.4 Å². The zero-order chi connectivity index (χ0) is 20.8. The smallest absolute Gasteiger partial charge is 0.407 e. The van der Waals surface area contributed by atoms with Crippen molar-refractivity contribution < 1.29 is 19.0 Å². The van der Waals surface area contributed by atoms with Gasteiger partial charge in [0.25, 0.3) is 0 Å². The van der Waals surface area contributed by atoms with E-state index in [4.69, 9.17) is 9.47 Å². The van der Waals surface area contributed by atoms with E-state index in [0.717, 1.165) is 36.6 Å². The van der Waals surface area contributed by atoms with Crippen molar-refractivity contribution in [2.75, 3.05) is 25.1 Å². The molecule has 1 aliphatic heterocycles. The lowest BCUT2D eigenvalue weighted by atomic mass is 10.1. The van der Waals surface area contributed by atoms with Gasteiger partial charge in [0.1, 0.15) is 17.6 Å². The lowest BCUT2D eigenvalue weighted by molar-refractivity contribution is 0.167. The number of rotatable bonds is 7. The SMILES string of the molecule is COC(=O)N[C@@H](C)c1ccc(OC2CCN(c3ccc(OC(C)C)cc3)C2)cc1. The highest BCUT2D eigenvalue weighted by atomic mass is 16.5. The topological polar surface area (TPSA) is 60.0 Å². The maximum atomic E-state index is 11.3. The van der Waals surface area contributed by atoms with Gasteiger partial charge in [-0.05, 0) is 62.7 Å². The molecule has 0 aliphatic carbocycles. The minimum absolute atomic E-state index is 0.124. The maximum absolute atomic E-state index is 11.3. The lowest BCUT2D eigenvalue weighted by Gasteiger charge is -2.20. The van der Waals surface area contributed by atoms with E-state index in [9.17, 15) is 4.79 Å². The third-order valence-electron chi connectivity index (χ3n) is 4.92. The fraction of sp³-hybridized carbons (Fsp3) is 0.435. The molecule has 1 amide bonds. The molecule has 156 valence electrons. The van der Waals surface area contributed by atoms with E-state index in [1.165, 1.54) is 12.8 Å². The highest BCUT2D eigenvalue weighted by Gasteiger charge is 2.24. The first-order valence-corrected chi connectivity index (χ1v) is 10.1. The number of benzene rings is 2. The summed E-state index contributed by atoms with van der Waals surface area (Å²) in [5.41, 5.74) is 2.18. The second-order valence-electron chi connectivity index (χ2n) is 7.56. The van der Waals surface area contributed by atoms with Crippen LogP contribution in [0.2, 0.25) is 0 Å². The molecule has 0 spiro atoms. The van der Waals surface area contributed by atoms with Gasteiger partial charge in [-0.15, -0.1) is 0 Å². The van der Waals surface area contributed by atoms with E-state index in [0.29, 0.717) is 0 Å². The van der Waals surface area contributed by atoms with Crippen LogP contribution in [0.1, 0.15) is 38.8 Å². The monoisotopic (exact) mass is 398 g/mol. The molecule has 1 unspecified atom stereocenters. The number of alkyl carbamates (subject to hydrolysis) is 1. The standard InChI is InChI=1S/C23H30N2O4/c1-16(2)28-20-11-7-19(8-12-20)25-14-13-22(15-25)29-21-9-5-18(6-10-21)17(3)24-23(26)27-4/h5-12,16-17,22H,13-15H2,1-4H3,(H,24,26)/t17-,22?/m0/s1. The van der Waals surface area contributed by atoms with Crippen LogP contribution in [-0.2, 0) is 4.74 Å². The highest BCUT2D eigenvalue weighted by molar-refractivity contribution is 5.67. The summed E-state index contributed by atoms with van der Waals surface area (Å²) in [4.78, 5) is 13.7. The molecule has 3 rings (SSSR count). The number of ether oxygens (including phenoxy) is 3. The number of carbonyl (C=O) groups excluding carboxylic acids is 1. The van der Waals surface area contributed by atoms with Crippen LogP contribution in [0.4, 0.5) is 10.5 Å². The van der Waals surface area contributed by atoms with Crippen molar-refractivity contribution in [1.82, 2.24) is 5.32 Å². The fourth-order valence-electron chi connectivity index (χ4n) is 3.41. The van der Waals surface area contributed by atoms with Gasteiger partial charge in [0, 0.05) is 18.7 Å². The Hall–Kier alpha value is -2.89. The number of hydrogen-bond donors (Lipinski definition) is 1. The van der Waals surface area contributed by atoms with Crippen LogP contribution in [0.25, 0.3) is 0 Å². The highest BCUT2D eigenvalue weighted by Crippen LogP contribution is 2.26. The van der Waals surface area contributed by atoms with E-state index in [1.54, 1.807) is 0 Å². The first kappa shape index (κ1) is 20.8. The van der Waals surface area contributed by atoms with Gasteiger partial charge in [0.05, 0.1) is 25.8 Å². The zero-order valence-corrected chi connectivity index (χ0v) is 17.6. The molecule has 0 radical (unpaired) electrons. The maximum Gasteiger partial charge on any atom is 0.407 e. The Labute approximate surface area is 172 Å². The molecular weight excluding hydrogens is 368 g/mol. The molecule has 0 aromatic heterocycles. The number of nitrogens with one attached hydrogen (secondary N) is 1. The summed E-state index contributed by atoms with van der Waals surface area (Å²) in [6.45, 7) is 7.79. The Bertz CT molecular complexity index is 790. The Morgan fingerprint density at radius 2 is 1.69 bits per heavy atom. The van der Waals surface area contributed by atoms with E-state index >= 15 is 0 Å². The minimum Gasteiger partial charge on any atom is -0.491 e. The van der Waals surface area contributed by atoms with E-state index in [2.05, 4.69) is 27.1 Å². The largest absolute Gasteiger partial charge is 0.491 e. The van der Waals surface area contributed by atoms with Crippen molar-refractivity contribution >= 4 is 11.8 Å². The number of amides is 1. The predicted molar refractivity (Wildman–Crippen MR) is 114 cm³/mol. The summed E-state index contributed by atoms with van der Waals surface area (Å²) in [6.07, 6.45) is 0.869. The molecule has 0 bridgehead atoms. The van der Waals surface area contributed by atoms with E-state index in [1.807, 2.05) is 57.2 Å². The Morgan fingerprint density at radius 1 is 1.03 bits per heavy atom. The number of hydrogen-bond acceptors (Lipinski definition) is 5. The summed E-state index contributed by atoms with van der Waals surface area (Å²) in [6, 6.07) is 16.0. The molecule has 29 heavy (non-hydrogen) atoms. The first-order chi connectivity index (χ1) is 13.9. The molecule has 2 aromatic carbocycles. The van der Waals surface area contributed by atoms with E-state index < -0.39 is 6.09 Å². The Morgan fingerprint density at radius 3 is 2.31 bits per heavy atom. The van der Waals surface area contributed by atoms with Crippen LogP contribution in [0.5, 0.6) is 11.5 Å². The first-order valence-electron chi connectivity index (χ1n) is 10.1. The summed E-state index contributed by atoms with van der Waals surface area (Å²) in [5, 5.41) is 2.76. The van der Waals surface area contributed by atoms with Gasteiger partial charge in [-0.25, -0.2) is 4.79 Å². The predicted octanol–water partition coefficient (Wildman–Crippen LogP) is 4.55. The molecule has 1 heterocycles. The van der Waals surface area contributed by atoms with Gasteiger partial charge < -0.3 is 24.4 Å². The molecule has 2 atom stereocenters. The molecule has 1 saturated heterocycles. The summed E-state index contributed by atoms with van der Waals surface area (Å²) >= 11 is 0. The van der Waals surface area contributed by atoms with Crippen molar-refractivity contribution in [2.24, 2.45) is 0 Å². The number of anilines is 1. The fourth-order valence-corrected chi connectivity index (χ4v) is 3.41. The van der Waals surface area contributed by atoms with Gasteiger partial charge >= 0.3 is 6.09 Å². The number of carbonyl (C=O) groups is 1. The van der Waals surface area contributed by atoms with Gasteiger partial charge in [-0.1, -0.05) is 12.1 Å². The van der Waals surface area contributed by atoms with Crippen molar-refractivity contribution in [3.8, 4) is 11.5 Å². The number of nitrogens with zero attached hydrogens (tertiary/aromatic N) is 1. The summed E-state index contributed by atoms with van der Waals surface area (Å²) in [7, 11) is 1.36. The second-order valence-corrected chi connectivity index (χ2v) is 7.56. The van der Waals surface area contributed by atoms with Gasteiger partial charge in [-0.3, -0.25) is 0 Å². The Kier molecular flexibility index (Phi) is 6.86. The van der Waals surface area contributed by atoms with Crippen LogP contribution in [-0.4, -0.2) is 38.5 Å². The summed E-state index contributed by atoms with van der Waals surface area (Å²) in [5.74, 6) is 1.73. The Balaban J connectivity index is 1.52. The molecular formula is C23H30N2O4. The minimum atomic E-state index is -0.437. The normalized spacial score (nSPS) is 17.1. The zero-order valence-electron chi connectivity index (χ0n) is 17.6. The molecule has 6 heteroatoms. The molecule has 1 N–H and O–H groups in total. The van der Waals surface area contributed by atoms with Crippen LogP contribution >= 0.6 is 0 Å².